The summed E-state index contributed by atoms with van der Waals surface area (Å²) in [5.74, 6) is -2.13. The van der Waals surface area contributed by atoms with Gasteiger partial charge in [0.15, 0.2) is 33.5 Å². The molecule has 2 saturated heterocycles. The summed E-state index contributed by atoms with van der Waals surface area (Å²) >= 11 is 0. The monoisotopic (exact) mass is 1410 g/mol. The fourth-order valence-electron chi connectivity index (χ4n) is 12.4. The van der Waals surface area contributed by atoms with Crippen LogP contribution < -0.4 is 19.8 Å². The standard InChI is InChI=1S/C53H78O9Si3.C26H32O8/c1-38(39(2)61-65(52(6,7)8,40-24-19-17-20-25-40)41-26-21-18-22-27-41)30-31-45(62-64(15,16)51(3,4)5)49-44(59-53(9,10)60-49)29-23-28-43-42-32-33-56-46(42)36-47(58-37-55-11)48(43)50(54)57-34-35-63(12,13)14;1-15-9-10-19(27)24-20(33-26(3,4)34-24)8-6-7-18-17-11-12-30-21(17)13-22(31-14-29-5)23(18)25(28)32-16(15)2/h17-28,30-33,36,38-39,44-45,49H,29,34-35,37H2,1-16H3;6-7,9-13,15-16,19-20,24,27H,8,14H2,1-5H3/b28-23+,31-30-;7-6?,10-9-/t38-,39+,44+,45?,49+;15-,16+,19?,20+,24-/m11/s1. The largest absolute Gasteiger partial charge is 0.466 e. The van der Waals surface area contributed by atoms with Crippen LogP contribution in [0.25, 0.3) is 34.1 Å². The van der Waals surface area contributed by atoms with Crippen LogP contribution in [-0.2, 0) is 46.7 Å². The van der Waals surface area contributed by atoms with Gasteiger partial charge in [-0.25, -0.2) is 9.59 Å². The average Bonchev–Trinajstić information content (AvgIpc) is 1.63. The lowest BCUT2D eigenvalue weighted by Gasteiger charge is -2.45. The smallest absolute Gasteiger partial charge is 0.342 e. The van der Waals surface area contributed by atoms with Crippen LogP contribution in [0.4, 0.5) is 0 Å². The van der Waals surface area contributed by atoms with Crippen molar-refractivity contribution in [3.05, 3.63) is 156 Å². The zero-order chi connectivity index (χ0) is 72.5. The SMILES string of the molecule is COCOc1cc2occc2c(/C=C/C[C@@H]2OC(C)(C)O[C@@H]2C(/C=C\[C@@H](C)[C@H](C)O[Si](c2ccccc2)(c2ccccc2)C(C)(C)C)O[Si](C)(C)C(C)(C)C)c1C(=O)OCC[Si](C)(C)C.COCOc1cc2occc2c2c1C(=O)O[C@@H](C)[C@H](C)/C=C\C(O)[C@H]1OC(C)(C)O[C@H]1CC=C2. The first-order valence-corrected chi connectivity index (χ1v) is 43.3. The van der Waals surface area contributed by atoms with Crippen LogP contribution in [0.5, 0.6) is 11.5 Å². The van der Waals surface area contributed by atoms with Gasteiger partial charge in [-0.2, -0.15) is 0 Å². The number of furan rings is 2. The Kier molecular flexibility index (Phi) is 26.0. The van der Waals surface area contributed by atoms with Crippen molar-refractivity contribution >= 4 is 81.1 Å². The molecule has 4 aromatic carbocycles. The first-order chi connectivity index (χ1) is 46.5. The summed E-state index contributed by atoms with van der Waals surface area (Å²) in [6.45, 7) is 41.0. The number of rotatable bonds is 23. The molecule has 0 spiro atoms. The van der Waals surface area contributed by atoms with E-state index in [1.54, 1.807) is 43.9 Å². The molecule has 6 aromatic rings. The topological polar surface area (TPSA) is 191 Å². The number of fused-ring (bicyclic) bond motifs is 5. The van der Waals surface area contributed by atoms with Crippen LogP contribution in [-0.4, -0.2) is 137 Å². The molecule has 17 nitrogen and oxygen atoms in total. The van der Waals surface area contributed by atoms with E-state index in [2.05, 4.69) is 161 Å². The maximum absolute atomic E-state index is 13.9. The van der Waals surface area contributed by atoms with E-state index in [1.165, 1.54) is 17.5 Å². The third-order valence-corrected chi connectivity index (χ3v) is 30.4. The van der Waals surface area contributed by atoms with Gasteiger partial charge in [0.25, 0.3) is 8.32 Å². The van der Waals surface area contributed by atoms with Gasteiger partial charge in [-0.15, -0.1) is 0 Å². The van der Waals surface area contributed by atoms with Gasteiger partial charge in [-0.1, -0.05) is 184 Å². The molecule has 540 valence electrons. The first kappa shape index (κ1) is 78.5. The maximum Gasteiger partial charge on any atom is 0.342 e. The lowest BCUT2D eigenvalue weighted by molar-refractivity contribution is -0.152. The van der Waals surface area contributed by atoms with Crippen molar-refractivity contribution in [1.82, 2.24) is 0 Å². The van der Waals surface area contributed by atoms with E-state index in [-0.39, 0.29) is 53.8 Å². The van der Waals surface area contributed by atoms with Crippen molar-refractivity contribution in [3.63, 3.8) is 0 Å². The van der Waals surface area contributed by atoms with Crippen LogP contribution >= 0.6 is 0 Å². The lowest BCUT2D eigenvalue weighted by Crippen LogP contribution is -2.67. The van der Waals surface area contributed by atoms with Gasteiger partial charge in [0.05, 0.1) is 37.4 Å². The van der Waals surface area contributed by atoms with Crippen molar-refractivity contribution in [2.45, 2.75) is 219 Å². The van der Waals surface area contributed by atoms with Gasteiger partial charge in [0.2, 0.25) is 0 Å². The van der Waals surface area contributed by atoms with Crippen molar-refractivity contribution in [3.8, 4) is 11.5 Å². The number of esters is 2. The van der Waals surface area contributed by atoms with Gasteiger partial charge in [0.1, 0.15) is 58.2 Å². The quantitative estimate of drug-likeness (QED) is 0.0275. The minimum Gasteiger partial charge on any atom is -0.466 e. The van der Waals surface area contributed by atoms with Gasteiger partial charge in [0, 0.05) is 68.3 Å². The molecule has 0 aliphatic carbocycles. The highest BCUT2D eigenvalue weighted by Crippen LogP contribution is 2.44. The molecule has 0 bridgehead atoms. The Morgan fingerprint density at radius 1 is 0.727 bits per heavy atom. The van der Waals surface area contributed by atoms with E-state index >= 15 is 0 Å². The van der Waals surface area contributed by atoms with E-state index in [1.807, 2.05) is 78.0 Å². The van der Waals surface area contributed by atoms with Gasteiger partial charge >= 0.3 is 11.9 Å². The van der Waals surface area contributed by atoms with Crippen LogP contribution in [0.3, 0.4) is 0 Å². The normalized spacial score (nSPS) is 22.8. The van der Waals surface area contributed by atoms with E-state index in [0.717, 1.165) is 16.8 Å². The molecule has 0 radical (unpaired) electrons. The highest BCUT2D eigenvalue weighted by Gasteiger charge is 2.52. The summed E-state index contributed by atoms with van der Waals surface area (Å²) in [5.41, 5.74) is 3.04. The zero-order valence-corrected chi connectivity index (χ0v) is 65.4. The molecule has 0 saturated carbocycles. The van der Waals surface area contributed by atoms with Gasteiger partial charge in [-0.3, -0.25) is 0 Å². The summed E-state index contributed by atoms with van der Waals surface area (Å²) in [6, 6.07) is 29.5. The molecule has 1 N–H and O–H groups in total. The molecule has 3 aliphatic rings. The number of aliphatic hydroxyl groups excluding tert-OH is 1. The molecule has 20 heteroatoms. The molecule has 0 amide bonds. The number of hydrogen-bond donors (Lipinski definition) is 1. The number of carbonyl (C=O) groups excluding carboxylic acids is 2. The Morgan fingerprint density at radius 3 is 1.91 bits per heavy atom. The Labute approximate surface area is 590 Å². The minimum atomic E-state index is -2.80. The molecule has 5 heterocycles. The molecule has 9 rings (SSSR count). The number of cyclic esters (lactones) is 1. The van der Waals surface area contributed by atoms with Gasteiger partial charge < -0.3 is 70.2 Å². The van der Waals surface area contributed by atoms with E-state index in [9.17, 15) is 14.7 Å². The van der Waals surface area contributed by atoms with Crippen LogP contribution in [0.2, 0.25) is 48.9 Å². The van der Waals surface area contributed by atoms with Gasteiger partial charge in [-0.05, 0) is 112 Å². The summed E-state index contributed by atoms with van der Waals surface area (Å²) in [7, 11) is -3.55. The molecule has 3 aliphatic heterocycles. The van der Waals surface area contributed by atoms with Crippen LogP contribution in [0, 0.1) is 11.8 Å². The fourth-order valence-corrected chi connectivity index (χ4v) is 19.2. The Bertz CT molecular complexity index is 3710. The number of methoxy groups -OCH3 is 2. The summed E-state index contributed by atoms with van der Waals surface area (Å²) < 4.78 is 85.7. The minimum absolute atomic E-state index is 0.0322. The zero-order valence-electron chi connectivity index (χ0n) is 62.4. The van der Waals surface area contributed by atoms with Crippen LogP contribution in [0.1, 0.15) is 142 Å². The predicted molar refractivity (Wildman–Crippen MR) is 399 cm³/mol. The van der Waals surface area contributed by atoms with Crippen molar-refractivity contribution in [2.24, 2.45) is 11.8 Å². The average molecular weight is 1420 g/mol. The number of ether oxygens (including phenoxy) is 10. The Hall–Kier alpha value is -6.25. The molecular formula is C79H110O17Si3. The molecular weight excluding hydrogens is 1310 g/mol. The molecule has 10 atom stereocenters. The molecule has 99 heavy (non-hydrogen) atoms. The van der Waals surface area contributed by atoms with E-state index in [4.69, 9.17) is 65.1 Å². The number of carbonyl (C=O) groups is 2. The van der Waals surface area contributed by atoms with E-state index < -0.39 is 78.7 Å². The Balaban J connectivity index is 0.000000306. The van der Waals surface area contributed by atoms with Crippen LogP contribution in [0.15, 0.2) is 143 Å². The number of hydrogen-bond acceptors (Lipinski definition) is 17. The Morgan fingerprint density at radius 2 is 1.31 bits per heavy atom. The second kappa shape index (κ2) is 32.8. The highest BCUT2D eigenvalue weighted by molar-refractivity contribution is 6.99. The predicted octanol–water partition coefficient (Wildman–Crippen LogP) is 16.8. The first-order valence-electron chi connectivity index (χ1n) is 34.8. The fraction of sp³-hybridized carbons (Fsp3) is 0.519. The van der Waals surface area contributed by atoms with E-state index in [0.29, 0.717) is 64.4 Å². The number of benzene rings is 4. The summed E-state index contributed by atoms with van der Waals surface area (Å²) in [4.78, 5) is 27.3. The maximum atomic E-state index is 13.9. The molecule has 2 unspecified atom stereocenters. The number of aliphatic hydroxyl groups is 1. The molecule has 2 fully saturated rings. The van der Waals surface area contributed by atoms with Crippen molar-refractivity contribution < 1.29 is 79.8 Å². The lowest BCUT2D eigenvalue weighted by atomic mass is 9.97. The highest BCUT2D eigenvalue weighted by atomic mass is 28.4. The summed E-state index contributed by atoms with van der Waals surface area (Å²) in [5, 5.41) is 14.6. The third kappa shape index (κ3) is 19.5. The summed E-state index contributed by atoms with van der Waals surface area (Å²) in [6.07, 6.45) is 16.2. The second-order valence-electron chi connectivity index (χ2n) is 31.0. The third-order valence-electron chi connectivity index (χ3n) is 19.1. The van der Waals surface area contributed by atoms with Crippen molar-refractivity contribution in [1.29, 1.82) is 0 Å². The second-order valence-corrected chi connectivity index (χ2v) is 45.6. The molecule has 2 aromatic heterocycles. The van der Waals surface area contributed by atoms with Crippen molar-refractivity contribution in [2.75, 3.05) is 34.4 Å².